The molecule has 2 heterocycles. The van der Waals surface area contributed by atoms with Crippen molar-refractivity contribution in [2.24, 2.45) is 4.99 Å². The Kier molecular flexibility index (Phi) is 10.1. The second-order valence-corrected chi connectivity index (χ2v) is 7.95. The number of benzene rings is 1. The first-order valence-corrected chi connectivity index (χ1v) is 10.9. The molecule has 1 unspecified atom stereocenters. The number of anilines is 1. The van der Waals surface area contributed by atoms with E-state index in [9.17, 15) is 0 Å². The van der Waals surface area contributed by atoms with Gasteiger partial charge >= 0.3 is 0 Å². The van der Waals surface area contributed by atoms with Gasteiger partial charge in [-0.3, -0.25) is 9.67 Å². The number of ether oxygens (including phenoxy) is 1. The third-order valence-corrected chi connectivity index (χ3v) is 5.89. The molecular formula is C23H37IN6O. The van der Waals surface area contributed by atoms with Crippen LogP contribution in [0.2, 0.25) is 0 Å². The Morgan fingerprint density at radius 3 is 2.68 bits per heavy atom. The minimum Gasteiger partial charge on any atom is -0.383 e. The van der Waals surface area contributed by atoms with Gasteiger partial charge in [0, 0.05) is 50.7 Å². The molecule has 1 aliphatic rings. The van der Waals surface area contributed by atoms with Gasteiger partial charge in [0.05, 0.1) is 24.9 Å². The second kappa shape index (κ2) is 12.3. The number of hydrogen-bond donors (Lipinski definition) is 2. The van der Waals surface area contributed by atoms with E-state index in [2.05, 4.69) is 70.7 Å². The monoisotopic (exact) mass is 540 g/mol. The van der Waals surface area contributed by atoms with E-state index in [1.165, 1.54) is 35.3 Å². The van der Waals surface area contributed by atoms with E-state index < -0.39 is 0 Å². The van der Waals surface area contributed by atoms with E-state index in [4.69, 9.17) is 4.74 Å². The van der Waals surface area contributed by atoms with Crippen molar-refractivity contribution in [3.63, 3.8) is 0 Å². The van der Waals surface area contributed by atoms with Crippen LogP contribution in [0.15, 0.2) is 29.3 Å². The fourth-order valence-corrected chi connectivity index (χ4v) is 4.01. The number of aromatic nitrogens is 2. The van der Waals surface area contributed by atoms with Crippen molar-refractivity contribution in [2.75, 3.05) is 38.8 Å². The molecule has 3 rings (SSSR count). The van der Waals surface area contributed by atoms with Crippen molar-refractivity contribution in [1.82, 2.24) is 20.4 Å². The summed E-state index contributed by atoms with van der Waals surface area (Å²) in [5.74, 6) is 0.789. The molecule has 2 aromatic rings. The lowest BCUT2D eigenvalue weighted by molar-refractivity contribution is 0.182. The van der Waals surface area contributed by atoms with Crippen LogP contribution in [0.25, 0.3) is 0 Å². The van der Waals surface area contributed by atoms with E-state index in [1.807, 2.05) is 11.7 Å². The Morgan fingerprint density at radius 2 is 2.00 bits per heavy atom. The van der Waals surface area contributed by atoms with Crippen molar-refractivity contribution in [3.05, 3.63) is 46.8 Å². The number of rotatable bonds is 8. The number of aliphatic imine (C=N–C) groups is 1. The van der Waals surface area contributed by atoms with Gasteiger partial charge in [-0.1, -0.05) is 12.1 Å². The van der Waals surface area contributed by atoms with Crippen molar-refractivity contribution in [3.8, 4) is 0 Å². The predicted molar refractivity (Wildman–Crippen MR) is 139 cm³/mol. The molecular weight excluding hydrogens is 503 g/mol. The van der Waals surface area contributed by atoms with E-state index in [-0.39, 0.29) is 30.0 Å². The molecule has 1 aliphatic heterocycles. The lowest BCUT2D eigenvalue weighted by Crippen LogP contribution is -2.38. The highest BCUT2D eigenvalue weighted by Gasteiger charge is 2.15. The lowest BCUT2D eigenvalue weighted by Gasteiger charge is -2.22. The number of methoxy groups -OCH3 is 1. The van der Waals surface area contributed by atoms with Crippen LogP contribution in [-0.2, 0) is 17.8 Å². The van der Waals surface area contributed by atoms with Crippen molar-refractivity contribution >= 4 is 35.6 Å². The minimum atomic E-state index is 0. The summed E-state index contributed by atoms with van der Waals surface area (Å²) in [4.78, 5) is 6.89. The van der Waals surface area contributed by atoms with E-state index >= 15 is 0 Å². The zero-order valence-electron chi connectivity index (χ0n) is 19.4. The smallest absolute Gasteiger partial charge is 0.191 e. The van der Waals surface area contributed by atoms with Gasteiger partial charge in [0.2, 0.25) is 0 Å². The molecule has 1 aromatic heterocycles. The molecule has 0 saturated carbocycles. The zero-order valence-corrected chi connectivity index (χ0v) is 21.8. The number of nitrogens with zero attached hydrogens (tertiary/aromatic N) is 4. The second-order valence-electron chi connectivity index (χ2n) is 7.95. The highest BCUT2D eigenvalue weighted by molar-refractivity contribution is 14.0. The van der Waals surface area contributed by atoms with Crippen LogP contribution in [0.3, 0.4) is 0 Å². The molecule has 1 atom stereocenters. The molecule has 1 fully saturated rings. The minimum absolute atomic E-state index is 0. The third-order valence-electron chi connectivity index (χ3n) is 5.89. The highest BCUT2D eigenvalue weighted by atomic mass is 127. The molecule has 0 bridgehead atoms. The summed E-state index contributed by atoms with van der Waals surface area (Å²) in [6, 6.07) is 8.99. The van der Waals surface area contributed by atoms with Crippen LogP contribution in [0.5, 0.6) is 0 Å². The molecule has 0 radical (unpaired) electrons. The van der Waals surface area contributed by atoms with Crippen LogP contribution in [0.4, 0.5) is 5.69 Å². The largest absolute Gasteiger partial charge is 0.383 e. The van der Waals surface area contributed by atoms with Crippen LogP contribution < -0.4 is 15.5 Å². The Labute approximate surface area is 203 Å². The fourth-order valence-electron chi connectivity index (χ4n) is 4.01. The van der Waals surface area contributed by atoms with Crippen LogP contribution in [0.1, 0.15) is 48.3 Å². The summed E-state index contributed by atoms with van der Waals surface area (Å²) < 4.78 is 7.20. The first-order chi connectivity index (χ1) is 14.5. The Bertz CT molecular complexity index is 860. The zero-order chi connectivity index (χ0) is 21.5. The van der Waals surface area contributed by atoms with Gasteiger partial charge in [0.1, 0.15) is 0 Å². The summed E-state index contributed by atoms with van der Waals surface area (Å²) >= 11 is 0. The molecule has 0 aliphatic carbocycles. The topological polar surface area (TPSA) is 66.7 Å². The Balaban J connectivity index is 0.00000341. The SMILES string of the molecule is CN=C(NCc1c(C)nn(CCOC)c1C)NC(C)c1cccc(N2CCCC2)c1.I. The van der Waals surface area contributed by atoms with Gasteiger partial charge in [-0.2, -0.15) is 5.10 Å². The summed E-state index contributed by atoms with van der Waals surface area (Å²) in [6.45, 7) is 10.8. The van der Waals surface area contributed by atoms with Gasteiger partial charge in [-0.05, 0) is 51.3 Å². The van der Waals surface area contributed by atoms with Gasteiger partial charge in [-0.25, -0.2) is 0 Å². The van der Waals surface area contributed by atoms with E-state index in [0.717, 1.165) is 31.3 Å². The average molecular weight is 540 g/mol. The fraction of sp³-hybridized carbons (Fsp3) is 0.565. The predicted octanol–water partition coefficient (Wildman–Crippen LogP) is 3.79. The molecule has 172 valence electrons. The summed E-state index contributed by atoms with van der Waals surface area (Å²) in [7, 11) is 3.52. The number of hydrogen-bond acceptors (Lipinski definition) is 4. The number of nitrogens with one attached hydrogen (secondary N) is 2. The van der Waals surface area contributed by atoms with Gasteiger partial charge in [0.25, 0.3) is 0 Å². The number of aryl methyl sites for hydroxylation is 1. The van der Waals surface area contributed by atoms with Crippen LogP contribution in [0, 0.1) is 13.8 Å². The normalized spacial score (nSPS) is 15.0. The summed E-state index contributed by atoms with van der Waals surface area (Å²) in [5.41, 5.74) is 5.99. The van der Waals surface area contributed by atoms with E-state index in [0.29, 0.717) is 13.2 Å². The lowest BCUT2D eigenvalue weighted by atomic mass is 10.1. The highest BCUT2D eigenvalue weighted by Crippen LogP contribution is 2.24. The van der Waals surface area contributed by atoms with E-state index in [1.54, 1.807) is 7.11 Å². The summed E-state index contributed by atoms with van der Waals surface area (Å²) in [6.07, 6.45) is 2.57. The van der Waals surface area contributed by atoms with Crippen molar-refractivity contribution in [2.45, 2.75) is 52.7 Å². The third kappa shape index (κ3) is 6.58. The molecule has 0 amide bonds. The van der Waals surface area contributed by atoms with Crippen molar-refractivity contribution in [1.29, 1.82) is 0 Å². The van der Waals surface area contributed by atoms with Crippen LogP contribution >= 0.6 is 24.0 Å². The molecule has 7 nitrogen and oxygen atoms in total. The molecule has 1 saturated heterocycles. The van der Waals surface area contributed by atoms with Crippen LogP contribution in [-0.4, -0.2) is 49.6 Å². The van der Waals surface area contributed by atoms with Gasteiger partial charge in [0.15, 0.2) is 5.96 Å². The first-order valence-electron chi connectivity index (χ1n) is 10.9. The summed E-state index contributed by atoms with van der Waals surface area (Å²) in [5, 5.41) is 11.6. The quantitative estimate of drug-likeness (QED) is 0.303. The molecule has 1 aromatic carbocycles. The van der Waals surface area contributed by atoms with Crippen molar-refractivity contribution < 1.29 is 4.74 Å². The molecule has 8 heteroatoms. The molecule has 2 N–H and O–H groups in total. The maximum Gasteiger partial charge on any atom is 0.191 e. The standard InChI is InChI=1S/C23H36N6O.HI/c1-17(20-9-8-10-21(15-20)28-11-6-7-12-28)26-23(24-4)25-16-22-18(2)27-29(19(22)3)13-14-30-5;/h8-10,15,17H,6-7,11-14,16H2,1-5H3,(H2,24,25,26);1H. The van der Waals surface area contributed by atoms with Gasteiger partial charge in [-0.15, -0.1) is 24.0 Å². The number of halogens is 1. The Morgan fingerprint density at radius 1 is 1.26 bits per heavy atom. The average Bonchev–Trinajstić information content (AvgIpc) is 3.38. The first kappa shape index (κ1) is 25.5. The Hall–Kier alpha value is -1.81. The number of guanidine groups is 1. The maximum absolute atomic E-state index is 5.18. The van der Waals surface area contributed by atoms with Gasteiger partial charge < -0.3 is 20.3 Å². The molecule has 31 heavy (non-hydrogen) atoms. The molecule has 0 spiro atoms. The maximum atomic E-state index is 5.18.